The predicted molar refractivity (Wildman–Crippen MR) is 83.2 cm³/mol. The molecule has 2 unspecified atom stereocenters. The van der Waals surface area contributed by atoms with Crippen LogP contribution in [0.1, 0.15) is 25.3 Å². The molecule has 1 aromatic heterocycles. The van der Waals surface area contributed by atoms with E-state index in [0.29, 0.717) is 5.92 Å². The Morgan fingerprint density at radius 2 is 2.10 bits per heavy atom. The second-order valence-electron chi connectivity index (χ2n) is 5.89. The molecule has 1 fully saturated rings. The molecular formula is C17H23N3O. The standard InChI is InChI=1S/C17H23N3O/c1-2-15-13-19(9-8-17(15)21)11-14-10-18-20(12-14)16-6-4-3-5-7-16/h3-7,10,12,15,17,21H,2,8-9,11,13H2,1H3. The Morgan fingerprint density at radius 1 is 1.29 bits per heavy atom. The maximum atomic E-state index is 9.96. The summed E-state index contributed by atoms with van der Waals surface area (Å²) >= 11 is 0. The summed E-state index contributed by atoms with van der Waals surface area (Å²) < 4.78 is 1.92. The van der Waals surface area contributed by atoms with Gasteiger partial charge in [-0.1, -0.05) is 25.1 Å². The molecule has 4 heteroatoms. The Balaban J connectivity index is 1.65. The highest BCUT2D eigenvalue weighted by atomic mass is 16.3. The van der Waals surface area contributed by atoms with Crippen LogP contribution in [-0.4, -0.2) is 39.0 Å². The van der Waals surface area contributed by atoms with Crippen molar-refractivity contribution in [2.24, 2.45) is 5.92 Å². The van der Waals surface area contributed by atoms with Crippen molar-refractivity contribution < 1.29 is 5.11 Å². The fraction of sp³-hybridized carbons (Fsp3) is 0.471. The van der Waals surface area contributed by atoms with Gasteiger partial charge in [-0.3, -0.25) is 4.90 Å². The van der Waals surface area contributed by atoms with E-state index in [-0.39, 0.29) is 6.10 Å². The zero-order valence-corrected chi connectivity index (χ0v) is 12.5. The zero-order chi connectivity index (χ0) is 14.7. The van der Waals surface area contributed by atoms with E-state index in [2.05, 4.69) is 35.3 Å². The van der Waals surface area contributed by atoms with Gasteiger partial charge in [-0.2, -0.15) is 5.10 Å². The summed E-state index contributed by atoms with van der Waals surface area (Å²) in [4.78, 5) is 2.42. The van der Waals surface area contributed by atoms with Gasteiger partial charge in [0.05, 0.1) is 18.0 Å². The molecule has 0 radical (unpaired) electrons. The first-order valence-corrected chi connectivity index (χ1v) is 7.75. The van der Waals surface area contributed by atoms with Crippen molar-refractivity contribution in [1.82, 2.24) is 14.7 Å². The minimum atomic E-state index is -0.127. The fourth-order valence-corrected chi connectivity index (χ4v) is 3.06. The van der Waals surface area contributed by atoms with Crippen LogP contribution in [0.4, 0.5) is 0 Å². The zero-order valence-electron chi connectivity index (χ0n) is 12.5. The molecule has 112 valence electrons. The molecule has 0 saturated carbocycles. The van der Waals surface area contributed by atoms with E-state index < -0.39 is 0 Å². The van der Waals surface area contributed by atoms with E-state index in [4.69, 9.17) is 0 Å². The molecule has 21 heavy (non-hydrogen) atoms. The number of nitrogens with zero attached hydrogens (tertiary/aromatic N) is 3. The van der Waals surface area contributed by atoms with Crippen LogP contribution < -0.4 is 0 Å². The van der Waals surface area contributed by atoms with Gasteiger partial charge in [-0.25, -0.2) is 4.68 Å². The van der Waals surface area contributed by atoms with E-state index in [9.17, 15) is 5.11 Å². The van der Waals surface area contributed by atoms with E-state index in [1.807, 2.05) is 29.1 Å². The van der Waals surface area contributed by atoms with Gasteiger partial charge in [0.15, 0.2) is 0 Å². The average Bonchev–Trinajstić information content (AvgIpc) is 2.98. The van der Waals surface area contributed by atoms with Crippen LogP contribution in [0.25, 0.3) is 5.69 Å². The smallest absolute Gasteiger partial charge is 0.0645 e. The summed E-state index contributed by atoms with van der Waals surface area (Å²) in [6.45, 7) is 5.02. The highest BCUT2D eigenvalue weighted by Crippen LogP contribution is 2.21. The Bertz CT molecular complexity index is 566. The Kier molecular flexibility index (Phi) is 4.36. The first-order valence-electron chi connectivity index (χ1n) is 7.75. The van der Waals surface area contributed by atoms with Crippen LogP contribution in [0.5, 0.6) is 0 Å². The molecule has 0 aliphatic carbocycles. The lowest BCUT2D eigenvalue weighted by Gasteiger charge is -2.35. The van der Waals surface area contributed by atoms with Crippen LogP contribution in [0.15, 0.2) is 42.7 Å². The summed E-state index contributed by atoms with van der Waals surface area (Å²) in [5.74, 6) is 0.405. The lowest BCUT2D eigenvalue weighted by molar-refractivity contribution is 0.0222. The minimum Gasteiger partial charge on any atom is -0.393 e. The van der Waals surface area contributed by atoms with Crippen LogP contribution in [0.3, 0.4) is 0 Å². The van der Waals surface area contributed by atoms with Crippen molar-refractivity contribution in [1.29, 1.82) is 0 Å². The molecular weight excluding hydrogens is 262 g/mol. The minimum absolute atomic E-state index is 0.127. The van der Waals surface area contributed by atoms with Gasteiger partial charge in [-0.15, -0.1) is 0 Å². The molecule has 1 aliphatic heterocycles. The Hall–Kier alpha value is -1.65. The van der Waals surface area contributed by atoms with Crippen LogP contribution in [0, 0.1) is 5.92 Å². The molecule has 0 spiro atoms. The maximum Gasteiger partial charge on any atom is 0.0645 e. The summed E-state index contributed by atoms with van der Waals surface area (Å²) in [5.41, 5.74) is 2.31. The van der Waals surface area contributed by atoms with Gasteiger partial charge in [0, 0.05) is 31.4 Å². The molecule has 0 bridgehead atoms. The van der Waals surface area contributed by atoms with Gasteiger partial charge in [-0.05, 0) is 30.9 Å². The molecule has 2 aromatic rings. The van der Waals surface area contributed by atoms with Gasteiger partial charge in [0.25, 0.3) is 0 Å². The fourth-order valence-electron chi connectivity index (χ4n) is 3.06. The van der Waals surface area contributed by atoms with Gasteiger partial charge in [0.2, 0.25) is 0 Å². The Labute approximate surface area is 126 Å². The van der Waals surface area contributed by atoms with Crippen molar-refractivity contribution in [3.63, 3.8) is 0 Å². The first-order chi connectivity index (χ1) is 10.3. The third kappa shape index (κ3) is 3.34. The average molecular weight is 285 g/mol. The van der Waals surface area contributed by atoms with Gasteiger partial charge in [0.1, 0.15) is 0 Å². The molecule has 1 N–H and O–H groups in total. The van der Waals surface area contributed by atoms with Crippen molar-refractivity contribution in [3.05, 3.63) is 48.3 Å². The summed E-state index contributed by atoms with van der Waals surface area (Å²) in [5, 5.41) is 14.4. The number of rotatable bonds is 4. The maximum absolute atomic E-state index is 9.96. The number of benzene rings is 1. The molecule has 1 aliphatic rings. The second kappa shape index (κ2) is 6.41. The number of aliphatic hydroxyl groups excluding tert-OH is 1. The van der Waals surface area contributed by atoms with E-state index >= 15 is 0 Å². The molecule has 4 nitrogen and oxygen atoms in total. The second-order valence-corrected chi connectivity index (χ2v) is 5.89. The molecule has 2 heterocycles. The monoisotopic (exact) mass is 285 g/mol. The number of aliphatic hydroxyl groups is 1. The highest BCUT2D eigenvalue weighted by Gasteiger charge is 2.26. The number of hydrogen-bond donors (Lipinski definition) is 1. The van der Waals surface area contributed by atoms with Crippen LogP contribution in [0.2, 0.25) is 0 Å². The topological polar surface area (TPSA) is 41.3 Å². The quantitative estimate of drug-likeness (QED) is 0.938. The molecule has 3 rings (SSSR count). The van der Waals surface area contributed by atoms with Crippen molar-refractivity contribution in [2.75, 3.05) is 13.1 Å². The summed E-state index contributed by atoms with van der Waals surface area (Å²) in [7, 11) is 0. The third-order valence-electron chi connectivity index (χ3n) is 4.37. The number of piperidine rings is 1. The molecule has 0 amide bonds. The normalized spacial score (nSPS) is 23.3. The predicted octanol–water partition coefficient (Wildman–Crippen LogP) is 2.47. The molecule has 1 aromatic carbocycles. The number of aromatic nitrogens is 2. The largest absolute Gasteiger partial charge is 0.393 e. The van der Waals surface area contributed by atoms with E-state index in [1.165, 1.54) is 5.56 Å². The highest BCUT2D eigenvalue weighted by molar-refractivity contribution is 5.30. The SMILES string of the molecule is CCC1CN(Cc2cnn(-c3ccccc3)c2)CCC1O. The van der Waals surface area contributed by atoms with Crippen molar-refractivity contribution >= 4 is 0 Å². The number of hydrogen-bond acceptors (Lipinski definition) is 3. The summed E-state index contributed by atoms with van der Waals surface area (Å²) in [6.07, 6.45) is 5.84. The molecule has 1 saturated heterocycles. The van der Waals surface area contributed by atoms with Crippen LogP contribution in [-0.2, 0) is 6.54 Å². The van der Waals surface area contributed by atoms with Gasteiger partial charge < -0.3 is 5.11 Å². The number of likely N-dealkylation sites (tertiary alicyclic amines) is 1. The van der Waals surface area contributed by atoms with Crippen molar-refractivity contribution in [3.8, 4) is 5.69 Å². The lowest BCUT2D eigenvalue weighted by Crippen LogP contribution is -2.42. The number of para-hydroxylation sites is 1. The molecule has 2 atom stereocenters. The Morgan fingerprint density at radius 3 is 2.86 bits per heavy atom. The third-order valence-corrected chi connectivity index (χ3v) is 4.37. The van der Waals surface area contributed by atoms with Crippen LogP contribution >= 0.6 is 0 Å². The van der Waals surface area contributed by atoms with Crippen molar-refractivity contribution in [2.45, 2.75) is 32.4 Å². The summed E-state index contributed by atoms with van der Waals surface area (Å²) in [6, 6.07) is 10.2. The van der Waals surface area contributed by atoms with E-state index in [0.717, 1.165) is 38.2 Å². The van der Waals surface area contributed by atoms with Gasteiger partial charge >= 0.3 is 0 Å². The van der Waals surface area contributed by atoms with E-state index in [1.54, 1.807) is 0 Å². The first kappa shape index (κ1) is 14.3. The lowest BCUT2D eigenvalue weighted by atomic mass is 9.92.